The van der Waals surface area contributed by atoms with Crippen LogP contribution in [0.25, 0.3) is 0 Å². The molecule has 3 rings (SSSR count). The third-order valence-electron chi connectivity index (χ3n) is 4.77. The zero-order chi connectivity index (χ0) is 19.1. The van der Waals surface area contributed by atoms with Crippen LogP contribution in [-0.2, 0) is 21.2 Å². The molecule has 26 heavy (non-hydrogen) atoms. The van der Waals surface area contributed by atoms with Crippen LogP contribution in [-0.4, -0.2) is 26.9 Å². The van der Waals surface area contributed by atoms with Crippen LogP contribution < -0.4 is 9.21 Å². The number of aryl methyl sites for hydroxylation is 1. The molecular formula is C20H24N2O3S. The maximum atomic E-state index is 13.2. The Kier molecular flexibility index (Phi) is 4.80. The number of carbonyl (C=O) groups is 1. The normalized spacial score (nSPS) is 16.5. The van der Waals surface area contributed by atoms with E-state index in [2.05, 4.69) is 0 Å². The number of hydrogen-bond acceptors (Lipinski definition) is 3. The first-order chi connectivity index (χ1) is 12.3. The van der Waals surface area contributed by atoms with E-state index in [4.69, 9.17) is 0 Å². The topological polar surface area (TPSA) is 57.7 Å². The maximum Gasteiger partial charge on any atom is 0.264 e. The van der Waals surface area contributed by atoms with E-state index >= 15 is 0 Å². The van der Waals surface area contributed by atoms with Crippen LogP contribution in [0, 0.1) is 6.92 Å². The Morgan fingerprint density at radius 1 is 1.23 bits per heavy atom. The molecular weight excluding hydrogens is 348 g/mol. The SMILES string of the molecule is CCN(c1cccc(C)c1)S(=O)(=O)c1ccc2c(c1)C[C@@H](C)N2C(C)=O. The lowest BCUT2D eigenvalue weighted by Crippen LogP contribution is -2.33. The van der Waals surface area contributed by atoms with Gasteiger partial charge in [-0.05, 0) is 68.7 Å². The van der Waals surface area contributed by atoms with Crippen molar-refractivity contribution in [3.8, 4) is 0 Å². The first-order valence-corrected chi connectivity index (χ1v) is 10.2. The molecule has 0 radical (unpaired) electrons. The van der Waals surface area contributed by atoms with Gasteiger partial charge in [0.15, 0.2) is 0 Å². The van der Waals surface area contributed by atoms with Gasteiger partial charge in [-0.1, -0.05) is 12.1 Å². The molecule has 0 unspecified atom stereocenters. The Morgan fingerprint density at radius 2 is 1.96 bits per heavy atom. The number of benzene rings is 2. The highest BCUT2D eigenvalue weighted by atomic mass is 32.2. The average molecular weight is 372 g/mol. The summed E-state index contributed by atoms with van der Waals surface area (Å²) < 4.78 is 27.9. The molecule has 2 aromatic rings. The standard InChI is InChI=1S/C20H24N2O3S/c1-5-21(18-8-6-7-14(2)11-18)26(24,25)19-9-10-20-17(13-19)12-15(3)22(20)16(4)23/h6-11,13,15H,5,12H2,1-4H3/t15-/m1/s1. The third kappa shape index (κ3) is 3.09. The van der Waals surface area contributed by atoms with Crippen LogP contribution in [0.5, 0.6) is 0 Å². The third-order valence-corrected chi connectivity index (χ3v) is 6.67. The van der Waals surface area contributed by atoms with Gasteiger partial charge in [-0.3, -0.25) is 9.10 Å². The van der Waals surface area contributed by atoms with Crippen molar-refractivity contribution in [3.63, 3.8) is 0 Å². The monoisotopic (exact) mass is 372 g/mol. The molecule has 0 N–H and O–H groups in total. The van der Waals surface area contributed by atoms with Gasteiger partial charge in [0.1, 0.15) is 0 Å². The minimum Gasteiger partial charge on any atom is -0.309 e. The van der Waals surface area contributed by atoms with E-state index in [1.54, 1.807) is 29.2 Å². The fraction of sp³-hybridized carbons (Fsp3) is 0.350. The lowest BCUT2D eigenvalue weighted by molar-refractivity contribution is -0.116. The zero-order valence-electron chi connectivity index (χ0n) is 15.6. The van der Waals surface area contributed by atoms with Crippen LogP contribution in [0.1, 0.15) is 31.9 Å². The first kappa shape index (κ1) is 18.5. The summed E-state index contributed by atoms with van der Waals surface area (Å²) in [7, 11) is -3.67. The number of sulfonamides is 1. The minimum atomic E-state index is -3.67. The Labute approximate surface area is 155 Å². The number of carbonyl (C=O) groups excluding carboxylic acids is 1. The van der Waals surface area contributed by atoms with Gasteiger partial charge >= 0.3 is 0 Å². The second kappa shape index (κ2) is 6.76. The summed E-state index contributed by atoms with van der Waals surface area (Å²) >= 11 is 0. The summed E-state index contributed by atoms with van der Waals surface area (Å²) in [4.78, 5) is 13.9. The lowest BCUT2D eigenvalue weighted by atomic mass is 10.1. The fourth-order valence-electron chi connectivity index (χ4n) is 3.65. The molecule has 0 saturated carbocycles. The molecule has 0 aromatic heterocycles. The molecule has 1 aliphatic rings. The van der Waals surface area contributed by atoms with Crippen LogP contribution in [0.15, 0.2) is 47.4 Å². The highest BCUT2D eigenvalue weighted by Crippen LogP contribution is 2.35. The molecule has 6 heteroatoms. The van der Waals surface area contributed by atoms with Gasteiger partial charge in [-0.25, -0.2) is 8.42 Å². The van der Waals surface area contributed by atoms with Crippen LogP contribution in [0.4, 0.5) is 11.4 Å². The largest absolute Gasteiger partial charge is 0.309 e. The summed E-state index contributed by atoms with van der Waals surface area (Å²) in [6, 6.07) is 12.6. The number of anilines is 2. The second-order valence-electron chi connectivity index (χ2n) is 6.74. The van der Waals surface area contributed by atoms with Crippen molar-refractivity contribution in [1.29, 1.82) is 0 Å². The van der Waals surface area contributed by atoms with Gasteiger partial charge in [0, 0.05) is 25.2 Å². The first-order valence-electron chi connectivity index (χ1n) is 8.78. The van der Waals surface area contributed by atoms with Gasteiger partial charge in [0.25, 0.3) is 10.0 Å². The smallest absolute Gasteiger partial charge is 0.264 e. The van der Waals surface area contributed by atoms with E-state index in [1.165, 1.54) is 11.2 Å². The van der Waals surface area contributed by atoms with E-state index in [1.807, 2.05) is 39.0 Å². The van der Waals surface area contributed by atoms with Crippen molar-refractivity contribution in [3.05, 3.63) is 53.6 Å². The van der Waals surface area contributed by atoms with E-state index in [-0.39, 0.29) is 16.8 Å². The molecule has 1 heterocycles. The van der Waals surface area contributed by atoms with Crippen molar-refractivity contribution in [2.24, 2.45) is 0 Å². The highest BCUT2D eigenvalue weighted by Gasteiger charge is 2.31. The second-order valence-corrected chi connectivity index (χ2v) is 8.60. The Bertz CT molecular complexity index is 953. The lowest BCUT2D eigenvalue weighted by Gasteiger charge is -2.24. The number of hydrogen-bond donors (Lipinski definition) is 0. The van der Waals surface area contributed by atoms with Crippen molar-refractivity contribution < 1.29 is 13.2 Å². The number of rotatable bonds is 4. The molecule has 0 spiro atoms. The molecule has 0 bridgehead atoms. The van der Waals surface area contributed by atoms with Gasteiger partial charge in [0.2, 0.25) is 5.91 Å². The van der Waals surface area contributed by atoms with E-state index in [0.29, 0.717) is 18.7 Å². The molecule has 1 aliphatic heterocycles. The molecule has 138 valence electrons. The van der Waals surface area contributed by atoms with Gasteiger partial charge < -0.3 is 4.90 Å². The molecule has 0 fully saturated rings. The molecule has 0 saturated heterocycles. The predicted molar refractivity (Wildman–Crippen MR) is 104 cm³/mol. The van der Waals surface area contributed by atoms with Crippen molar-refractivity contribution in [1.82, 2.24) is 0 Å². The summed E-state index contributed by atoms with van der Waals surface area (Å²) in [5.74, 6) is -0.0261. The van der Waals surface area contributed by atoms with E-state index in [9.17, 15) is 13.2 Å². The minimum absolute atomic E-state index is 0.0261. The zero-order valence-corrected chi connectivity index (χ0v) is 16.4. The van der Waals surface area contributed by atoms with Crippen LogP contribution in [0.2, 0.25) is 0 Å². The maximum absolute atomic E-state index is 13.2. The van der Waals surface area contributed by atoms with Crippen molar-refractivity contribution in [2.75, 3.05) is 15.7 Å². The molecule has 1 amide bonds. The Balaban J connectivity index is 2.03. The molecule has 2 aromatic carbocycles. The predicted octanol–water partition coefficient (Wildman–Crippen LogP) is 3.51. The van der Waals surface area contributed by atoms with Crippen LogP contribution >= 0.6 is 0 Å². The summed E-state index contributed by atoms with van der Waals surface area (Å²) in [6.07, 6.45) is 0.662. The molecule has 1 atom stereocenters. The average Bonchev–Trinajstić information content (AvgIpc) is 2.90. The van der Waals surface area contributed by atoms with Crippen molar-refractivity contribution in [2.45, 2.75) is 45.1 Å². The highest BCUT2D eigenvalue weighted by molar-refractivity contribution is 7.92. The number of amides is 1. The quantitative estimate of drug-likeness (QED) is 0.825. The van der Waals surface area contributed by atoms with Crippen molar-refractivity contribution >= 4 is 27.3 Å². The van der Waals surface area contributed by atoms with Crippen LogP contribution in [0.3, 0.4) is 0 Å². The molecule has 0 aliphatic carbocycles. The van der Waals surface area contributed by atoms with Gasteiger partial charge in [-0.2, -0.15) is 0 Å². The van der Waals surface area contributed by atoms with Gasteiger partial charge in [-0.15, -0.1) is 0 Å². The Morgan fingerprint density at radius 3 is 2.58 bits per heavy atom. The summed E-state index contributed by atoms with van der Waals surface area (Å²) in [5.41, 5.74) is 3.37. The Hall–Kier alpha value is -2.34. The van der Waals surface area contributed by atoms with E-state index in [0.717, 1.165) is 16.8 Å². The molecule has 5 nitrogen and oxygen atoms in total. The van der Waals surface area contributed by atoms with E-state index < -0.39 is 10.0 Å². The summed E-state index contributed by atoms with van der Waals surface area (Å²) in [5, 5.41) is 0. The fourth-order valence-corrected chi connectivity index (χ4v) is 5.17. The van der Waals surface area contributed by atoms with Gasteiger partial charge in [0.05, 0.1) is 10.6 Å². The number of nitrogens with zero attached hydrogens (tertiary/aromatic N) is 2. The summed E-state index contributed by atoms with van der Waals surface area (Å²) in [6.45, 7) is 7.62. The number of fused-ring (bicyclic) bond motifs is 1.